The molecule has 148 valence electrons. The zero-order valence-electron chi connectivity index (χ0n) is 15.9. The first-order chi connectivity index (χ1) is 12.3. The molecule has 2 fully saturated rings. The van der Waals surface area contributed by atoms with Crippen molar-refractivity contribution in [2.75, 3.05) is 46.9 Å². The van der Waals surface area contributed by atoms with Crippen LogP contribution in [-0.2, 0) is 4.74 Å². The van der Waals surface area contributed by atoms with E-state index in [4.69, 9.17) is 4.74 Å². The van der Waals surface area contributed by atoms with Gasteiger partial charge in [-0.1, -0.05) is 6.07 Å². The highest BCUT2D eigenvalue weighted by atomic mass is 127. The minimum absolute atomic E-state index is 0. The van der Waals surface area contributed by atoms with Crippen LogP contribution in [0.5, 0.6) is 0 Å². The summed E-state index contributed by atoms with van der Waals surface area (Å²) in [6.07, 6.45) is 4.85. The summed E-state index contributed by atoms with van der Waals surface area (Å²) in [5.74, 6) is 2.26. The molecule has 0 bridgehead atoms. The number of nitrogens with one attached hydrogen (secondary N) is 2. The van der Waals surface area contributed by atoms with Crippen molar-refractivity contribution < 1.29 is 4.74 Å². The highest BCUT2D eigenvalue weighted by Crippen LogP contribution is 2.36. The normalized spacial score (nSPS) is 25.5. The Bertz CT molecular complexity index is 534. The Balaban J connectivity index is 0.00000243. The Morgan fingerprint density at radius 1 is 1.27 bits per heavy atom. The third kappa shape index (κ3) is 6.07. The third-order valence-corrected chi connectivity index (χ3v) is 6.44. The molecule has 0 saturated carbocycles. The molecular weight excluding hydrogens is 459 g/mol. The number of ether oxygens (including phenoxy) is 1. The van der Waals surface area contributed by atoms with Crippen molar-refractivity contribution in [2.45, 2.75) is 31.7 Å². The molecule has 2 atom stereocenters. The molecule has 0 aromatic carbocycles. The fraction of sp³-hybridized carbons (Fsp3) is 0.737. The lowest BCUT2D eigenvalue weighted by Crippen LogP contribution is -2.46. The van der Waals surface area contributed by atoms with Gasteiger partial charge in [0, 0.05) is 44.3 Å². The van der Waals surface area contributed by atoms with Crippen molar-refractivity contribution in [1.82, 2.24) is 15.5 Å². The van der Waals surface area contributed by atoms with E-state index in [-0.39, 0.29) is 24.0 Å². The predicted molar refractivity (Wildman–Crippen MR) is 121 cm³/mol. The van der Waals surface area contributed by atoms with Gasteiger partial charge in [-0.25, -0.2) is 0 Å². The topological polar surface area (TPSA) is 48.9 Å². The summed E-state index contributed by atoms with van der Waals surface area (Å²) in [6, 6.07) is 4.97. The van der Waals surface area contributed by atoms with Crippen LogP contribution < -0.4 is 10.6 Å². The molecule has 2 aliphatic rings. The maximum absolute atomic E-state index is 5.44. The number of thiophene rings is 1. The number of halogens is 1. The highest BCUT2D eigenvalue weighted by Gasteiger charge is 2.31. The number of hydrogen-bond acceptors (Lipinski definition) is 4. The molecule has 1 aromatic rings. The highest BCUT2D eigenvalue weighted by molar-refractivity contribution is 14.0. The molecule has 3 rings (SSSR count). The quantitative estimate of drug-likeness (QED) is 0.376. The molecule has 0 radical (unpaired) electrons. The average Bonchev–Trinajstić information content (AvgIpc) is 3.17. The van der Waals surface area contributed by atoms with Gasteiger partial charge in [0.15, 0.2) is 5.96 Å². The number of nitrogens with zero attached hydrogens (tertiary/aromatic N) is 2. The number of likely N-dealkylation sites (tertiary alicyclic amines) is 1. The van der Waals surface area contributed by atoms with Crippen molar-refractivity contribution in [2.24, 2.45) is 16.8 Å². The van der Waals surface area contributed by atoms with Crippen LogP contribution in [0, 0.1) is 11.8 Å². The van der Waals surface area contributed by atoms with E-state index in [0.29, 0.717) is 17.9 Å². The lowest BCUT2D eigenvalue weighted by molar-refractivity contribution is 0.0675. The molecule has 0 amide bonds. The van der Waals surface area contributed by atoms with E-state index in [0.717, 1.165) is 45.1 Å². The molecule has 2 unspecified atom stereocenters. The van der Waals surface area contributed by atoms with E-state index >= 15 is 0 Å². The van der Waals surface area contributed by atoms with Gasteiger partial charge >= 0.3 is 0 Å². The van der Waals surface area contributed by atoms with E-state index in [1.54, 1.807) is 0 Å². The summed E-state index contributed by atoms with van der Waals surface area (Å²) < 4.78 is 5.44. The number of hydrogen-bond donors (Lipinski definition) is 2. The maximum atomic E-state index is 5.44. The third-order valence-electron chi connectivity index (χ3n) is 5.50. The van der Waals surface area contributed by atoms with Crippen molar-refractivity contribution in [3.63, 3.8) is 0 Å². The fourth-order valence-corrected chi connectivity index (χ4v) is 5.01. The van der Waals surface area contributed by atoms with E-state index in [9.17, 15) is 0 Å². The molecule has 0 aliphatic carbocycles. The van der Waals surface area contributed by atoms with Crippen LogP contribution in [0.4, 0.5) is 0 Å². The van der Waals surface area contributed by atoms with Crippen molar-refractivity contribution >= 4 is 41.3 Å². The fourth-order valence-electron chi connectivity index (χ4n) is 4.02. The molecule has 7 heteroatoms. The zero-order chi connectivity index (χ0) is 17.5. The van der Waals surface area contributed by atoms with Gasteiger partial charge in [-0.3, -0.25) is 9.89 Å². The Morgan fingerprint density at radius 3 is 2.73 bits per heavy atom. The molecular formula is C19H33IN4OS. The van der Waals surface area contributed by atoms with Crippen LogP contribution >= 0.6 is 35.3 Å². The zero-order valence-corrected chi connectivity index (χ0v) is 19.1. The second-order valence-corrected chi connectivity index (χ2v) is 8.21. The van der Waals surface area contributed by atoms with Crippen LogP contribution in [0.3, 0.4) is 0 Å². The van der Waals surface area contributed by atoms with Crippen LogP contribution in [0.15, 0.2) is 22.5 Å². The van der Waals surface area contributed by atoms with Crippen molar-refractivity contribution in [3.8, 4) is 0 Å². The van der Waals surface area contributed by atoms with Gasteiger partial charge in [0.2, 0.25) is 0 Å². The molecule has 26 heavy (non-hydrogen) atoms. The number of aliphatic imine (C=N–C) groups is 1. The molecule has 2 aliphatic heterocycles. The molecule has 2 N–H and O–H groups in total. The molecule has 2 saturated heterocycles. The van der Waals surface area contributed by atoms with E-state index in [1.165, 1.54) is 24.3 Å². The first kappa shape index (κ1) is 21.9. The second-order valence-electron chi connectivity index (χ2n) is 7.23. The van der Waals surface area contributed by atoms with E-state index < -0.39 is 0 Å². The Kier molecular flexibility index (Phi) is 9.66. The summed E-state index contributed by atoms with van der Waals surface area (Å²) >= 11 is 1.88. The summed E-state index contributed by atoms with van der Waals surface area (Å²) in [4.78, 5) is 8.41. The van der Waals surface area contributed by atoms with Gasteiger partial charge in [0.05, 0.1) is 0 Å². The summed E-state index contributed by atoms with van der Waals surface area (Å²) in [5.41, 5.74) is 0. The van der Waals surface area contributed by atoms with Gasteiger partial charge in [0.25, 0.3) is 0 Å². The van der Waals surface area contributed by atoms with Crippen LogP contribution in [0.25, 0.3) is 0 Å². The monoisotopic (exact) mass is 492 g/mol. The van der Waals surface area contributed by atoms with Gasteiger partial charge < -0.3 is 15.4 Å². The first-order valence-corrected chi connectivity index (χ1v) is 10.4. The van der Waals surface area contributed by atoms with Gasteiger partial charge in [0.1, 0.15) is 0 Å². The van der Waals surface area contributed by atoms with Crippen molar-refractivity contribution in [3.05, 3.63) is 22.4 Å². The largest absolute Gasteiger partial charge is 0.381 e. The molecule has 3 heterocycles. The Morgan fingerprint density at radius 2 is 2.04 bits per heavy atom. The van der Waals surface area contributed by atoms with Crippen molar-refractivity contribution in [1.29, 1.82) is 0 Å². The molecule has 5 nitrogen and oxygen atoms in total. The van der Waals surface area contributed by atoms with Gasteiger partial charge in [-0.05, 0) is 62.6 Å². The standard InChI is InChI=1S/C19H32N4OS.HI/c1-20-19(21-13-15-7-10-24-11-8-15)22-14-16-5-3-9-23(2)18(16)17-6-4-12-25-17;/h4,6,12,15-16,18H,3,5,7-11,13-14H2,1-2H3,(H2,20,21,22);1H. The Labute approximate surface area is 179 Å². The lowest BCUT2D eigenvalue weighted by Gasteiger charge is -2.39. The molecule has 0 spiro atoms. The smallest absolute Gasteiger partial charge is 0.190 e. The minimum atomic E-state index is 0. The summed E-state index contributed by atoms with van der Waals surface area (Å²) in [7, 11) is 4.12. The number of guanidine groups is 1. The van der Waals surface area contributed by atoms with Gasteiger partial charge in [-0.2, -0.15) is 0 Å². The Hall–Kier alpha value is -0.380. The molecule has 1 aromatic heterocycles. The maximum Gasteiger partial charge on any atom is 0.190 e. The SMILES string of the molecule is CN=C(NCC1CCOCC1)NCC1CCCN(C)C1c1cccs1.I. The average molecular weight is 492 g/mol. The first-order valence-electron chi connectivity index (χ1n) is 9.54. The second kappa shape index (κ2) is 11.5. The van der Waals surface area contributed by atoms with E-state index in [1.807, 2.05) is 18.4 Å². The summed E-state index contributed by atoms with van der Waals surface area (Å²) in [5, 5.41) is 9.28. The van der Waals surface area contributed by atoms with Crippen LogP contribution in [-0.4, -0.2) is 57.8 Å². The van der Waals surface area contributed by atoms with Crippen LogP contribution in [0.2, 0.25) is 0 Å². The number of piperidine rings is 1. The van der Waals surface area contributed by atoms with E-state index in [2.05, 4.69) is 45.1 Å². The minimum Gasteiger partial charge on any atom is -0.381 e. The summed E-state index contributed by atoms with van der Waals surface area (Å²) in [6.45, 7) is 4.95. The van der Waals surface area contributed by atoms with Gasteiger partial charge in [-0.15, -0.1) is 35.3 Å². The number of rotatable bonds is 5. The predicted octanol–water partition coefficient (Wildman–Crippen LogP) is 3.34. The lowest BCUT2D eigenvalue weighted by atomic mass is 9.88. The van der Waals surface area contributed by atoms with Crippen LogP contribution in [0.1, 0.15) is 36.6 Å².